The Labute approximate surface area is 356 Å². The van der Waals surface area contributed by atoms with Crippen molar-refractivity contribution >= 4 is 59.8 Å². The number of benzene rings is 5. The van der Waals surface area contributed by atoms with Crippen LogP contribution in [0.15, 0.2) is 130 Å². The van der Waals surface area contributed by atoms with Crippen LogP contribution in [0.25, 0.3) is 38.5 Å². The maximum Gasteiger partial charge on any atom is 0.214 e. The third-order valence-electron chi connectivity index (χ3n) is 12.1. The summed E-state index contributed by atoms with van der Waals surface area (Å²) < 4.78 is 47.0. The molecule has 1 aromatic heterocycles. The third kappa shape index (κ3) is 7.85. The van der Waals surface area contributed by atoms with Gasteiger partial charge in [-0.3, -0.25) is 0 Å². The molecule has 8 rings (SSSR count). The first-order valence-electron chi connectivity index (χ1n) is 22.3. The summed E-state index contributed by atoms with van der Waals surface area (Å²) in [6, 6.07) is 30.5. The molecule has 0 fully saturated rings. The molecule has 0 spiro atoms. The Balaban J connectivity index is 1.27. The normalized spacial score (nSPS) is 15.4. The van der Waals surface area contributed by atoms with E-state index in [9.17, 15) is 8.42 Å². The highest BCUT2D eigenvalue weighted by Gasteiger charge is 2.34. The summed E-state index contributed by atoms with van der Waals surface area (Å²) in [6.45, 7) is 11.9. The van der Waals surface area contributed by atoms with Crippen LogP contribution in [-0.4, -0.2) is 43.0 Å². The molecule has 60 heavy (non-hydrogen) atoms. The number of ether oxygens (including phenoxy) is 2. The van der Waals surface area contributed by atoms with E-state index in [0.29, 0.717) is 35.9 Å². The van der Waals surface area contributed by atoms with Crippen molar-refractivity contribution in [2.75, 3.05) is 19.8 Å². The molecule has 1 aliphatic carbocycles. The van der Waals surface area contributed by atoms with Gasteiger partial charge in [-0.25, -0.2) is 8.42 Å². The zero-order chi connectivity index (χ0) is 41.6. The first-order chi connectivity index (χ1) is 29.4. The van der Waals surface area contributed by atoms with Gasteiger partial charge < -0.3 is 14.0 Å². The van der Waals surface area contributed by atoms with Gasteiger partial charge in [-0.2, -0.15) is 4.58 Å². The standard InChI is InChI=1S/C53H59N2O4S/c1-5-9-34-54-45(41-20-16-22-43-49(58-36-11-7-3)32-30-47(54)51(41)43)28-26-38-24-25-39(53(38)60(56,57)40-18-14-13-15-19-40)27-29-46-42-21-17-23-44-50(59-37-12-8-4)33-31-48(52(42)44)55(46)35-10-6-2/h13-23,26-33H,5-12,24-25,34-37H2,1-4H3/q+1. The molecule has 0 atom stereocenters. The van der Waals surface area contributed by atoms with Crippen molar-refractivity contribution < 1.29 is 22.5 Å². The number of unbranched alkanes of at least 4 members (excludes halogenated alkanes) is 4. The van der Waals surface area contributed by atoms with Crippen molar-refractivity contribution in [3.8, 4) is 11.5 Å². The molecule has 5 aromatic carbocycles. The van der Waals surface area contributed by atoms with Crippen molar-refractivity contribution in [2.24, 2.45) is 0 Å². The molecule has 1 aliphatic heterocycles. The maximum atomic E-state index is 14.8. The summed E-state index contributed by atoms with van der Waals surface area (Å²) in [7, 11) is -3.84. The van der Waals surface area contributed by atoms with Gasteiger partial charge in [0, 0.05) is 57.5 Å². The molecular weight excluding hydrogens is 761 g/mol. The second-order valence-corrected chi connectivity index (χ2v) is 18.1. The lowest BCUT2D eigenvalue weighted by Crippen LogP contribution is -2.16. The predicted molar refractivity (Wildman–Crippen MR) is 250 cm³/mol. The van der Waals surface area contributed by atoms with Gasteiger partial charge in [0.05, 0.1) is 34.0 Å². The number of sulfone groups is 1. The third-order valence-corrected chi connectivity index (χ3v) is 14.1. The molecule has 0 bridgehead atoms. The second kappa shape index (κ2) is 18.5. The zero-order valence-corrected chi connectivity index (χ0v) is 36.6. The Hall–Kier alpha value is -5.40. The molecule has 2 heterocycles. The van der Waals surface area contributed by atoms with Gasteiger partial charge in [0.2, 0.25) is 21.2 Å². The van der Waals surface area contributed by atoms with Crippen molar-refractivity contribution in [1.82, 2.24) is 4.57 Å². The average Bonchev–Trinajstić information content (AvgIpc) is 3.93. The van der Waals surface area contributed by atoms with Crippen LogP contribution in [-0.2, 0) is 16.4 Å². The summed E-state index contributed by atoms with van der Waals surface area (Å²) in [6.07, 6.45) is 18.2. The molecule has 2 aliphatic rings. The van der Waals surface area contributed by atoms with Crippen molar-refractivity contribution in [3.05, 3.63) is 136 Å². The van der Waals surface area contributed by atoms with Crippen molar-refractivity contribution in [1.29, 1.82) is 0 Å². The van der Waals surface area contributed by atoms with Gasteiger partial charge in [-0.05, 0) is 85.7 Å². The van der Waals surface area contributed by atoms with Crippen LogP contribution >= 0.6 is 0 Å². The number of aryl methyl sites for hydroxylation is 1. The van der Waals surface area contributed by atoms with Crippen molar-refractivity contribution in [3.63, 3.8) is 0 Å². The SMILES string of the molecule is CCCCOc1ccc2c3c(cccc13)C(C=CC1=C(S(=O)(=O)c3ccccc3)C(=CC=c3c4cccc5c(OCCCC)ccc(c54)n3CCCC)CC1)=[N+]2CCCC. The number of aromatic nitrogens is 1. The quantitative estimate of drug-likeness (QED) is 0.0603. The Morgan fingerprint density at radius 1 is 0.650 bits per heavy atom. The molecular formula is C53H59N2O4S+. The summed E-state index contributed by atoms with van der Waals surface area (Å²) in [4.78, 5) is 0.735. The molecule has 310 valence electrons. The fourth-order valence-electron chi connectivity index (χ4n) is 8.97. The number of rotatable bonds is 19. The number of nitrogens with zero attached hydrogens (tertiary/aromatic N) is 2. The van der Waals surface area contributed by atoms with Gasteiger partial charge in [-0.1, -0.05) is 114 Å². The molecule has 0 N–H and O–H groups in total. The first kappa shape index (κ1) is 41.3. The van der Waals surface area contributed by atoms with E-state index < -0.39 is 9.84 Å². The second-order valence-electron chi connectivity index (χ2n) is 16.2. The minimum Gasteiger partial charge on any atom is -0.493 e. The van der Waals surface area contributed by atoms with Gasteiger partial charge in [0.15, 0.2) is 0 Å². The topological polar surface area (TPSA) is 60.5 Å². The Morgan fingerprint density at radius 2 is 1.32 bits per heavy atom. The minimum atomic E-state index is -3.84. The summed E-state index contributed by atoms with van der Waals surface area (Å²) in [5.74, 6) is 1.83. The predicted octanol–water partition coefficient (Wildman–Crippen LogP) is 12.6. The highest BCUT2D eigenvalue weighted by Crippen LogP contribution is 2.42. The summed E-state index contributed by atoms with van der Waals surface area (Å²) in [5.41, 5.74) is 6.30. The molecule has 0 saturated heterocycles. The summed E-state index contributed by atoms with van der Waals surface area (Å²) >= 11 is 0. The van der Waals surface area contributed by atoms with Crippen LogP contribution in [0.5, 0.6) is 11.5 Å². The van der Waals surface area contributed by atoms with E-state index in [4.69, 9.17) is 9.47 Å². The molecule has 6 aromatic rings. The molecule has 0 unspecified atom stereocenters. The van der Waals surface area contributed by atoms with Gasteiger partial charge in [0.1, 0.15) is 18.0 Å². The number of hydrogen-bond acceptors (Lipinski definition) is 4. The van der Waals surface area contributed by atoms with Crippen LogP contribution in [0.4, 0.5) is 5.69 Å². The summed E-state index contributed by atoms with van der Waals surface area (Å²) in [5, 5.41) is 6.89. The van der Waals surface area contributed by atoms with Crippen LogP contribution in [0.2, 0.25) is 0 Å². The lowest BCUT2D eigenvalue weighted by molar-refractivity contribution is -0.436. The lowest BCUT2D eigenvalue weighted by atomic mass is 10.0. The van der Waals surface area contributed by atoms with Crippen LogP contribution in [0, 0.1) is 0 Å². The van der Waals surface area contributed by atoms with E-state index >= 15 is 0 Å². The first-order valence-corrected chi connectivity index (χ1v) is 23.8. The Kier molecular flexibility index (Phi) is 12.7. The Morgan fingerprint density at radius 3 is 2.03 bits per heavy atom. The molecule has 6 nitrogen and oxygen atoms in total. The van der Waals surface area contributed by atoms with E-state index in [-0.39, 0.29) is 0 Å². The van der Waals surface area contributed by atoms with Gasteiger partial charge in [0.25, 0.3) is 0 Å². The van der Waals surface area contributed by atoms with E-state index in [0.717, 1.165) is 120 Å². The lowest BCUT2D eigenvalue weighted by Gasteiger charge is -2.10. The molecule has 7 heteroatoms. The largest absolute Gasteiger partial charge is 0.493 e. The van der Waals surface area contributed by atoms with Gasteiger partial charge >= 0.3 is 0 Å². The zero-order valence-electron chi connectivity index (χ0n) is 35.8. The average molecular weight is 820 g/mol. The number of allylic oxidation sites excluding steroid dienone is 5. The van der Waals surface area contributed by atoms with E-state index in [1.807, 2.05) is 18.2 Å². The molecule has 0 radical (unpaired) electrons. The fraction of sp³-hybridized carbons (Fsp3) is 0.340. The molecule has 0 saturated carbocycles. The monoisotopic (exact) mass is 819 g/mol. The van der Waals surface area contributed by atoms with E-state index in [2.05, 4.69) is 122 Å². The van der Waals surface area contributed by atoms with Crippen LogP contribution < -0.4 is 14.8 Å². The molecule has 0 amide bonds. The van der Waals surface area contributed by atoms with Gasteiger partial charge in [-0.15, -0.1) is 0 Å². The smallest absolute Gasteiger partial charge is 0.214 e. The van der Waals surface area contributed by atoms with E-state index in [1.54, 1.807) is 12.1 Å². The van der Waals surface area contributed by atoms with Crippen LogP contribution in [0.1, 0.15) is 97.5 Å². The fourth-order valence-corrected chi connectivity index (χ4v) is 10.8. The Bertz CT molecular complexity index is 2820. The minimum absolute atomic E-state index is 0.315. The van der Waals surface area contributed by atoms with Crippen LogP contribution in [0.3, 0.4) is 0 Å². The van der Waals surface area contributed by atoms with E-state index in [1.165, 1.54) is 22.0 Å². The number of hydrogen-bond donors (Lipinski definition) is 0. The maximum absolute atomic E-state index is 14.8. The highest BCUT2D eigenvalue weighted by molar-refractivity contribution is 7.95. The highest BCUT2D eigenvalue weighted by atomic mass is 32.2. The van der Waals surface area contributed by atoms with Crippen molar-refractivity contribution in [2.45, 2.75) is 103 Å².